The molecule has 0 bridgehead atoms. The first-order valence-corrected chi connectivity index (χ1v) is 5.88. The Bertz CT molecular complexity index is 385. The van der Waals surface area contributed by atoms with Crippen LogP contribution in [-0.2, 0) is 0 Å². The lowest BCUT2D eigenvalue weighted by Crippen LogP contribution is -2.30. The molecular weight excluding hydrogens is 198 g/mol. The van der Waals surface area contributed by atoms with E-state index in [1.54, 1.807) is 0 Å². The zero-order valence-corrected chi connectivity index (χ0v) is 9.74. The third-order valence-electron chi connectivity index (χ3n) is 3.24. The summed E-state index contributed by atoms with van der Waals surface area (Å²) in [6, 6.07) is 2.21. The number of nitrogens with zero attached hydrogens (tertiary/aromatic N) is 1. The summed E-state index contributed by atoms with van der Waals surface area (Å²) in [7, 11) is 0. The molecule has 0 saturated heterocycles. The van der Waals surface area contributed by atoms with E-state index in [4.69, 9.17) is 5.84 Å². The monoisotopic (exact) mass is 217 g/mol. The van der Waals surface area contributed by atoms with Gasteiger partial charge in [0.25, 0.3) is 0 Å². The van der Waals surface area contributed by atoms with Crippen LogP contribution < -0.4 is 11.3 Å². The number of rotatable bonds is 3. The van der Waals surface area contributed by atoms with Gasteiger partial charge >= 0.3 is 0 Å². The van der Waals surface area contributed by atoms with Crippen LogP contribution in [0.1, 0.15) is 42.9 Å². The average molecular weight is 217 g/mol. The molecule has 0 fully saturated rings. The summed E-state index contributed by atoms with van der Waals surface area (Å²) in [6.07, 6.45) is 10.9. The minimum Gasteiger partial charge on any atom is -0.271 e. The summed E-state index contributed by atoms with van der Waals surface area (Å²) < 4.78 is 0. The number of allylic oxidation sites excluding steroid dienone is 1. The molecule has 3 heteroatoms. The molecule has 0 radical (unpaired) electrons. The van der Waals surface area contributed by atoms with E-state index in [0.29, 0.717) is 0 Å². The van der Waals surface area contributed by atoms with E-state index in [1.807, 2.05) is 12.4 Å². The Morgan fingerprint density at radius 3 is 2.94 bits per heavy atom. The molecule has 0 aliphatic heterocycles. The van der Waals surface area contributed by atoms with Gasteiger partial charge in [-0.1, -0.05) is 11.6 Å². The molecule has 1 aliphatic carbocycles. The van der Waals surface area contributed by atoms with Gasteiger partial charge in [-0.25, -0.2) is 5.43 Å². The highest BCUT2D eigenvalue weighted by molar-refractivity contribution is 5.32. The van der Waals surface area contributed by atoms with Crippen LogP contribution in [0, 0.1) is 6.92 Å². The van der Waals surface area contributed by atoms with E-state index in [-0.39, 0.29) is 6.04 Å². The average Bonchev–Trinajstić information content (AvgIpc) is 2.34. The Balaban J connectivity index is 2.28. The van der Waals surface area contributed by atoms with Gasteiger partial charge in [-0.15, -0.1) is 0 Å². The fourth-order valence-electron chi connectivity index (χ4n) is 2.33. The second-order valence-electron chi connectivity index (χ2n) is 4.36. The molecule has 0 aromatic carbocycles. The molecule has 0 spiro atoms. The van der Waals surface area contributed by atoms with Crippen molar-refractivity contribution in [3.63, 3.8) is 0 Å². The van der Waals surface area contributed by atoms with Gasteiger partial charge in [0.1, 0.15) is 0 Å². The van der Waals surface area contributed by atoms with Gasteiger partial charge in [0.2, 0.25) is 0 Å². The van der Waals surface area contributed by atoms with Crippen molar-refractivity contribution < 1.29 is 0 Å². The molecule has 1 aromatic rings. The molecule has 3 N–H and O–H groups in total. The summed E-state index contributed by atoms with van der Waals surface area (Å²) in [5, 5.41) is 0. The summed E-state index contributed by atoms with van der Waals surface area (Å²) in [5.74, 6) is 5.69. The van der Waals surface area contributed by atoms with Crippen LogP contribution in [0.4, 0.5) is 0 Å². The third-order valence-corrected chi connectivity index (χ3v) is 3.24. The Labute approximate surface area is 96.7 Å². The molecule has 16 heavy (non-hydrogen) atoms. The highest BCUT2D eigenvalue weighted by Gasteiger charge is 2.18. The van der Waals surface area contributed by atoms with Gasteiger partial charge in [-0.05, 0) is 49.8 Å². The summed E-state index contributed by atoms with van der Waals surface area (Å²) in [6.45, 7) is 2.08. The highest BCUT2D eigenvalue weighted by atomic mass is 15.2. The second kappa shape index (κ2) is 5.23. The summed E-state index contributed by atoms with van der Waals surface area (Å²) in [4.78, 5) is 4.12. The Morgan fingerprint density at radius 1 is 1.44 bits per heavy atom. The Kier molecular flexibility index (Phi) is 3.70. The van der Waals surface area contributed by atoms with E-state index in [2.05, 4.69) is 29.5 Å². The van der Waals surface area contributed by atoms with Crippen LogP contribution >= 0.6 is 0 Å². The van der Waals surface area contributed by atoms with E-state index in [9.17, 15) is 0 Å². The molecule has 1 heterocycles. The Morgan fingerprint density at radius 2 is 2.31 bits per heavy atom. The number of hydrazine groups is 1. The first-order chi connectivity index (χ1) is 7.83. The molecule has 2 rings (SSSR count). The van der Waals surface area contributed by atoms with Crippen LogP contribution in [0.2, 0.25) is 0 Å². The molecule has 0 amide bonds. The standard InChI is InChI=1S/C13H19N3/c1-10-9-15-8-7-12(10)13(16-14)11-5-3-2-4-6-11/h5,7-9,13,16H,2-4,6,14H2,1H3. The fourth-order valence-corrected chi connectivity index (χ4v) is 2.33. The zero-order chi connectivity index (χ0) is 11.4. The van der Waals surface area contributed by atoms with Gasteiger partial charge in [0.15, 0.2) is 0 Å². The summed E-state index contributed by atoms with van der Waals surface area (Å²) in [5.41, 5.74) is 6.79. The minimum atomic E-state index is 0.156. The molecule has 1 aromatic heterocycles. The van der Waals surface area contributed by atoms with Crippen molar-refractivity contribution in [2.45, 2.75) is 38.6 Å². The quantitative estimate of drug-likeness (QED) is 0.464. The van der Waals surface area contributed by atoms with Crippen LogP contribution in [0.25, 0.3) is 0 Å². The second-order valence-corrected chi connectivity index (χ2v) is 4.36. The van der Waals surface area contributed by atoms with Crippen molar-refractivity contribution in [2.75, 3.05) is 0 Å². The third kappa shape index (κ3) is 2.31. The fraction of sp³-hybridized carbons (Fsp3) is 0.462. The van der Waals surface area contributed by atoms with Gasteiger partial charge in [-0.3, -0.25) is 10.8 Å². The van der Waals surface area contributed by atoms with Crippen molar-refractivity contribution >= 4 is 0 Å². The van der Waals surface area contributed by atoms with Gasteiger partial charge in [0.05, 0.1) is 6.04 Å². The predicted octanol–water partition coefficient (Wildman–Crippen LogP) is 2.39. The normalized spacial score (nSPS) is 18.0. The van der Waals surface area contributed by atoms with Gasteiger partial charge in [0, 0.05) is 12.4 Å². The van der Waals surface area contributed by atoms with Gasteiger partial charge < -0.3 is 0 Å². The highest BCUT2D eigenvalue weighted by Crippen LogP contribution is 2.30. The molecule has 0 saturated carbocycles. The maximum atomic E-state index is 5.69. The Hall–Kier alpha value is -1.19. The van der Waals surface area contributed by atoms with Crippen LogP contribution in [0.5, 0.6) is 0 Å². The van der Waals surface area contributed by atoms with Crippen molar-refractivity contribution in [1.82, 2.24) is 10.4 Å². The predicted molar refractivity (Wildman–Crippen MR) is 65.6 cm³/mol. The van der Waals surface area contributed by atoms with E-state index < -0.39 is 0 Å². The minimum absolute atomic E-state index is 0.156. The maximum absolute atomic E-state index is 5.69. The lowest BCUT2D eigenvalue weighted by atomic mass is 9.89. The number of nitrogens with one attached hydrogen (secondary N) is 1. The largest absolute Gasteiger partial charge is 0.271 e. The molecule has 3 nitrogen and oxygen atoms in total. The van der Waals surface area contributed by atoms with E-state index in [0.717, 1.165) is 6.42 Å². The lowest BCUT2D eigenvalue weighted by molar-refractivity contribution is 0.563. The number of nitrogens with two attached hydrogens (primary N) is 1. The van der Waals surface area contributed by atoms with E-state index >= 15 is 0 Å². The van der Waals surface area contributed by atoms with Crippen molar-refractivity contribution in [3.05, 3.63) is 41.2 Å². The van der Waals surface area contributed by atoms with E-state index in [1.165, 1.54) is 36.0 Å². The zero-order valence-electron chi connectivity index (χ0n) is 9.74. The summed E-state index contributed by atoms with van der Waals surface area (Å²) >= 11 is 0. The smallest absolute Gasteiger partial charge is 0.0673 e. The topological polar surface area (TPSA) is 50.9 Å². The molecular formula is C13H19N3. The number of aryl methyl sites for hydroxylation is 1. The number of aromatic nitrogens is 1. The first kappa shape index (κ1) is 11.3. The molecule has 86 valence electrons. The van der Waals surface area contributed by atoms with Crippen LogP contribution in [-0.4, -0.2) is 4.98 Å². The first-order valence-electron chi connectivity index (χ1n) is 5.88. The number of hydrogen-bond donors (Lipinski definition) is 2. The lowest BCUT2D eigenvalue weighted by Gasteiger charge is -2.24. The van der Waals surface area contributed by atoms with Crippen LogP contribution in [0.15, 0.2) is 30.1 Å². The number of hydrogen-bond acceptors (Lipinski definition) is 3. The maximum Gasteiger partial charge on any atom is 0.0673 e. The van der Waals surface area contributed by atoms with Gasteiger partial charge in [-0.2, -0.15) is 0 Å². The van der Waals surface area contributed by atoms with Crippen molar-refractivity contribution in [3.8, 4) is 0 Å². The molecule has 1 aliphatic rings. The number of pyridine rings is 1. The van der Waals surface area contributed by atoms with Crippen molar-refractivity contribution in [1.29, 1.82) is 0 Å². The van der Waals surface area contributed by atoms with Crippen LogP contribution in [0.3, 0.4) is 0 Å². The van der Waals surface area contributed by atoms with Crippen molar-refractivity contribution in [2.24, 2.45) is 5.84 Å². The molecule has 1 atom stereocenters. The SMILES string of the molecule is Cc1cnccc1C(NN)C1=CCCCC1. The molecule has 1 unspecified atom stereocenters.